The summed E-state index contributed by atoms with van der Waals surface area (Å²) in [5.41, 5.74) is 11.0. The zero-order chi connectivity index (χ0) is 14.7. The van der Waals surface area contributed by atoms with Crippen LogP contribution in [0.1, 0.15) is 32.8 Å². The molecule has 0 spiro atoms. The number of hydrogen-bond donors (Lipinski definition) is 3. The maximum atomic E-state index is 9.95. The molecule has 0 aliphatic rings. The van der Waals surface area contributed by atoms with E-state index in [4.69, 9.17) is 16.2 Å². The van der Waals surface area contributed by atoms with E-state index in [0.717, 1.165) is 10.0 Å². The molecule has 108 valence electrons. The Labute approximate surface area is 123 Å². The van der Waals surface area contributed by atoms with E-state index in [2.05, 4.69) is 15.9 Å². The molecule has 0 heterocycles. The maximum Gasteiger partial charge on any atom is 0.134 e. The molecule has 0 aliphatic carbocycles. The quantitative estimate of drug-likeness (QED) is 0.746. The summed E-state index contributed by atoms with van der Waals surface area (Å²) in [4.78, 5) is 0. The summed E-state index contributed by atoms with van der Waals surface area (Å²) in [6.45, 7) is 6.20. The molecule has 1 aromatic carbocycles. The highest BCUT2D eigenvalue weighted by molar-refractivity contribution is 9.10. The summed E-state index contributed by atoms with van der Waals surface area (Å²) in [6, 6.07) is 5.71. The highest BCUT2D eigenvalue weighted by Gasteiger charge is 2.32. The number of rotatable bonds is 6. The zero-order valence-corrected chi connectivity index (χ0v) is 13.3. The molecule has 1 rings (SSSR count). The van der Waals surface area contributed by atoms with Crippen LogP contribution in [-0.4, -0.2) is 22.9 Å². The minimum atomic E-state index is -0.836. The fourth-order valence-corrected chi connectivity index (χ4v) is 2.59. The van der Waals surface area contributed by atoms with Crippen molar-refractivity contribution in [3.63, 3.8) is 0 Å². The van der Waals surface area contributed by atoms with E-state index in [1.54, 1.807) is 13.8 Å². The number of hydrogen-bond acceptors (Lipinski definition) is 4. The van der Waals surface area contributed by atoms with Gasteiger partial charge in [-0.05, 0) is 54.4 Å². The molecule has 1 atom stereocenters. The summed E-state index contributed by atoms with van der Waals surface area (Å²) >= 11 is 3.47. The fraction of sp³-hybridized carbons (Fsp3) is 0.571. The molecule has 19 heavy (non-hydrogen) atoms. The number of halogens is 1. The van der Waals surface area contributed by atoms with Crippen LogP contribution in [0.15, 0.2) is 22.7 Å². The van der Waals surface area contributed by atoms with Crippen molar-refractivity contribution in [1.29, 1.82) is 0 Å². The van der Waals surface area contributed by atoms with Gasteiger partial charge < -0.3 is 21.3 Å². The Morgan fingerprint density at radius 3 is 2.32 bits per heavy atom. The van der Waals surface area contributed by atoms with E-state index >= 15 is 0 Å². The molecule has 4 nitrogen and oxygen atoms in total. The lowest BCUT2D eigenvalue weighted by Crippen LogP contribution is -2.46. The first-order chi connectivity index (χ1) is 8.69. The molecule has 0 saturated heterocycles. The van der Waals surface area contributed by atoms with Crippen molar-refractivity contribution in [1.82, 2.24) is 0 Å². The highest BCUT2D eigenvalue weighted by atomic mass is 79.9. The van der Waals surface area contributed by atoms with Gasteiger partial charge in [0.25, 0.3) is 0 Å². The van der Waals surface area contributed by atoms with E-state index in [1.807, 2.05) is 25.1 Å². The van der Waals surface area contributed by atoms with Gasteiger partial charge in [0.05, 0.1) is 10.1 Å². The zero-order valence-electron chi connectivity index (χ0n) is 11.7. The number of aliphatic hydroxyl groups is 1. The molecule has 5 N–H and O–H groups in total. The molecule has 0 aliphatic heterocycles. The monoisotopic (exact) mass is 330 g/mol. The van der Waals surface area contributed by atoms with Crippen LogP contribution in [0, 0.1) is 0 Å². The maximum absolute atomic E-state index is 9.95. The summed E-state index contributed by atoms with van der Waals surface area (Å²) < 4.78 is 6.82. The summed E-state index contributed by atoms with van der Waals surface area (Å²) in [5, 5.41) is 9.95. The topological polar surface area (TPSA) is 81.5 Å². The van der Waals surface area contributed by atoms with Crippen molar-refractivity contribution >= 4 is 15.9 Å². The van der Waals surface area contributed by atoms with Gasteiger partial charge in [0, 0.05) is 19.5 Å². The van der Waals surface area contributed by atoms with E-state index in [-0.39, 0.29) is 0 Å². The van der Waals surface area contributed by atoms with Crippen LogP contribution in [0.5, 0.6) is 5.75 Å². The SMILES string of the molecule is CC(C)(O)CC(C)(CN)Oc1ccc(CN)cc1Br. The van der Waals surface area contributed by atoms with E-state index in [1.165, 1.54) is 0 Å². The van der Waals surface area contributed by atoms with Crippen LogP contribution in [0.25, 0.3) is 0 Å². The third kappa shape index (κ3) is 5.10. The number of ether oxygens (including phenoxy) is 1. The van der Waals surface area contributed by atoms with Gasteiger partial charge in [-0.15, -0.1) is 0 Å². The van der Waals surface area contributed by atoms with Gasteiger partial charge in [0.1, 0.15) is 11.4 Å². The van der Waals surface area contributed by atoms with Crippen LogP contribution in [0.2, 0.25) is 0 Å². The van der Waals surface area contributed by atoms with E-state index in [9.17, 15) is 5.11 Å². The van der Waals surface area contributed by atoms with Gasteiger partial charge in [-0.1, -0.05) is 6.07 Å². The van der Waals surface area contributed by atoms with Crippen LogP contribution >= 0.6 is 15.9 Å². The minimum absolute atomic E-state index is 0.321. The second-order valence-corrected chi connectivity index (χ2v) is 6.57. The van der Waals surface area contributed by atoms with Crippen LogP contribution in [0.4, 0.5) is 0 Å². The summed E-state index contributed by atoms with van der Waals surface area (Å²) in [5.74, 6) is 0.703. The lowest BCUT2D eigenvalue weighted by Gasteiger charge is -2.34. The summed E-state index contributed by atoms with van der Waals surface area (Å²) in [7, 11) is 0. The Bertz CT molecular complexity index is 432. The lowest BCUT2D eigenvalue weighted by molar-refractivity contribution is -0.0159. The highest BCUT2D eigenvalue weighted by Crippen LogP contribution is 2.32. The molecule has 1 unspecified atom stereocenters. The third-order valence-electron chi connectivity index (χ3n) is 2.83. The minimum Gasteiger partial charge on any atom is -0.485 e. The Balaban J connectivity index is 2.92. The standard InChI is InChI=1S/C14H23BrN2O2/c1-13(2,18)8-14(3,9-17)19-12-5-4-10(7-16)6-11(12)15/h4-6,18H,7-9,16-17H2,1-3H3. The predicted molar refractivity (Wildman–Crippen MR) is 81.0 cm³/mol. The first-order valence-electron chi connectivity index (χ1n) is 6.29. The van der Waals surface area contributed by atoms with Gasteiger partial charge in [0.2, 0.25) is 0 Å². The molecule has 0 fully saturated rings. The smallest absolute Gasteiger partial charge is 0.134 e. The Morgan fingerprint density at radius 1 is 1.26 bits per heavy atom. The third-order valence-corrected chi connectivity index (χ3v) is 3.45. The van der Waals surface area contributed by atoms with Crippen molar-refractivity contribution in [3.8, 4) is 5.75 Å². The normalized spacial score (nSPS) is 15.1. The molecule has 0 amide bonds. The molecule has 0 radical (unpaired) electrons. The first kappa shape index (κ1) is 16.4. The lowest BCUT2D eigenvalue weighted by atomic mass is 9.91. The van der Waals surface area contributed by atoms with Gasteiger partial charge >= 0.3 is 0 Å². The molecule has 1 aromatic rings. The molecule has 0 bridgehead atoms. The van der Waals surface area contributed by atoms with Crippen LogP contribution < -0.4 is 16.2 Å². The van der Waals surface area contributed by atoms with Gasteiger partial charge in [-0.2, -0.15) is 0 Å². The summed E-state index contributed by atoms with van der Waals surface area (Å²) in [6.07, 6.45) is 0.446. The second kappa shape index (κ2) is 6.22. The number of benzene rings is 1. The number of nitrogens with two attached hydrogens (primary N) is 2. The van der Waals surface area contributed by atoms with Crippen molar-refractivity contribution in [2.45, 2.75) is 44.9 Å². The van der Waals surface area contributed by atoms with Crippen molar-refractivity contribution in [3.05, 3.63) is 28.2 Å². The van der Waals surface area contributed by atoms with Gasteiger partial charge in [-0.25, -0.2) is 0 Å². The Hall–Kier alpha value is -0.620. The van der Waals surface area contributed by atoms with E-state index < -0.39 is 11.2 Å². The van der Waals surface area contributed by atoms with Gasteiger partial charge in [0.15, 0.2) is 0 Å². The van der Waals surface area contributed by atoms with E-state index in [0.29, 0.717) is 25.3 Å². The Morgan fingerprint density at radius 2 is 1.89 bits per heavy atom. The molecule has 0 aromatic heterocycles. The predicted octanol–water partition coefficient (Wildman–Crippen LogP) is 2.17. The average Bonchev–Trinajstić information content (AvgIpc) is 2.29. The van der Waals surface area contributed by atoms with Crippen LogP contribution in [-0.2, 0) is 6.54 Å². The first-order valence-corrected chi connectivity index (χ1v) is 7.08. The second-order valence-electron chi connectivity index (χ2n) is 5.71. The average molecular weight is 331 g/mol. The molecule has 5 heteroatoms. The van der Waals surface area contributed by atoms with Crippen LogP contribution in [0.3, 0.4) is 0 Å². The fourth-order valence-electron chi connectivity index (χ4n) is 2.08. The van der Waals surface area contributed by atoms with Gasteiger partial charge in [-0.3, -0.25) is 0 Å². The largest absolute Gasteiger partial charge is 0.485 e. The van der Waals surface area contributed by atoms with Crippen molar-refractivity contribution in [2.24, 2.45) is 11.5 Å². The van der Waals surface area contributed by atoms with Crippen molar-refractivity contribution in [2.75, 3.05) is 6.54 Å². The van der Waals surface area contributed by atoms with Crippen molar-refractivity contribution < 1.29 is 9.84 Å². The molecular weight excluding hydrogens is 308 g/mol. The Kier molecular flexibility index (Phi) is 5.38. The molecule has 0 saturated carbocycles. The molecular formula is C14H23BrN2O2.